The van der Waals surface area contributed by atoms with Gasteiger partial charge in [0.15, 0.2) is 0 Å². The molecule has 0 radical (unpaired) electrons. The SMILES string of the molecule is CN(Cc1cccc(C=CC(=O)O)c1)C(=O)c1ccn[nH]1. The zero-order valence-corrected chi connectivity index (χ0v) is 11.5. The van der Waals surface area contributed by atoms with Crippen molar-refractivity contribution in [2.24, 2.45) is 0 Å². The molecular weight excluding hydrogens is 270 g/mol. The molecule has 0 spiro atoms. The highest BCUT2D eigenvalue weighted by Crippen LogP contribution is 2.10. The van der Waals surface area contributed by atoms with E-state index >= 15 is 0 Å². The van der Waals surface area contributed by atoms with Crippen molar-refractivity contribution < 1.29 is 14.7 Å². The second-order valence-corrected chi connectivity index (χ2v) is 4.55. The Kier molecular flexibility index (Phi) is 4.50. The van der Waals surface area contributed by atoms with E-state index < -0.39 is 5.97 Å². The summed E-state index contributed by atoms with van der Waals surface area (Å²) in [6.45, 7) is 0.423. The Labute approximate surface area is 121 Å². The van der Waals surface area contributed by atoms with Gasteiger partial charge in [0.1, 0.15) is 5.69 Å². The molecule has 0 aliphatic heterocycles. The Morgan fingerprint density at radius 1 is 1.38 bits per heavy atom. The van der Waals surface area contributed by atoms with Crippen LogP contribution in [0.1, 0.15) is 21.6 Å². The van der Waals surface area contributed by atoms with Gasteiger partial charge in [0.25, 0.3) is 5.91 Å². The second-order valence-electron chi connectivity index (χ2n) is 4.55. The van der Waals surface area contributed by atoms with Gasteiger partial charge in [0.2, 0.25) is 0 Å². The van der Waals surface area contributed by atoms with Gasteiger partial charge in [0.05, 0.1) is 0 Å². The number of hydrogen-bond acceptors (Lipinski definition) is 3. The third-order valence-corrected chi connectivity index (χ3v) is 2.87. The van der Waals surface area contributed by atoms with Gasteiger partial charge in [-0.1, -0.05) is 18.2 Å². The van der Waals surface area contributed by atoms with Crippen LogP contribution in [0.2, 0.25) is 0 Å². The smallest absolute Gasteiger partial charge is 0.328 e. The fourth-order valence-corrected chi connectivity index (χ4v) is 1.89. The third kappa shape index (κ3) is 4.04. The molecule has 1 amide bonds. The van der Waals surface area contributed by atoms with E-state index in [4.69, 9.17) is 5.11 Å². The van der Waals surface area contributed by atoms with E-state index in [2.05, 4.69) is 10.2 Å². The van der Waals surface area contributed by atoms with E-state index in [9.17, 15) is 9.59 Å². The molecule has 1 aromatic heterocycles. The highest BCUT2D eigenvalue weighted by atomic mass is 16.4. The van der Waals surface area contributed by atoms with Gasteiger partial charge in [-0.05, 0) is 29.3 Å². The Morgan fingerprint density at radius 2 is 2.19 bits per heavy atom. The zero-order valence-electron chi connectivity index (χ0n) is 11.5. The zero-order chi connectivity index (χ0) is 15.2. The maximum absolute atomic E-state index is 12.1. The number of aliphatic carboxylic acids is 1. The number of rotatable bonds is 5. The topological polar surface area (TPSA) is 86.3 Å². The molecule has 0 saturated heterocycles. The number of nitrogens with one attached hydrogen (secondary N) is 1. The summed E-state index contributed by atoms with van der Waals surface area (Å²) in [4.78, 5) is 24.1. The first-order valence-electron chi connectivity index (χ1n) is 6.31. The normalized spacial score (nSPS) is 10.7. The molecule has 0 saturated carbocycles. The van der Waals surface area contributed by atoms with Gasteiger partial charge in [0, 0.05) is 25.9 Å². The standard InChI is InChI=1S/C15H15N3O3/c1-18(15(21)13-7-8-16-17-13)10-12-4-2-3-11(9-12)5-6-14(19)20/h2-9H,10H2,1H3,(H,16,17)(H,19,20). The van der Waals surface area contributed by atoms with E-state index in [0.29, 0.717) is 12.2 Å². The van der Waals surface area contributed by atoms with E-state index in [1.54, 1.807) is 24.1 Å². The maximum atomic E-state index is 12.1. The van der Waals surface area contributed by atoms with Crippen molar-refractivity contribution in [2.45, 2.75) is 6.54 Å². The first kappa shape index (κ1) is 14.5. The molecule has 6 nitrogen and oxygen atoms in total. The molecule has 1 heterocycles. The molecule has 0 atom stereocenters. The van der Waals surface area contributed by atoms with Gasteiger partial charge in [-0.2, -0.15) is 5.10 Å². The Morgan fingerprint density at radius 3 is 2.86 bits per heavy atom. The number of aromatic amines is 1. The summed E-state index contributed by atoms with van der Waals surface area (Å²) in [5.41, 5.74) is 2.12. The Bertz CT molecular complexity index is 663. The fourth-order valence-electron chi connectivity index (χ4n) is 1.89. The summed E-state index contributed by atoms with van der Waals surface area (Å²) in [7, 11) is 1.70. The fraction of sp³-hybridized carbons (Fsp3) is 0.133. The van der Waals surface area contributed by atoms with Crippen LogP contribution in [0.5, 0.6) is 0 Å². The molecule has 0 bridgehead atoms. The summed E-state index contributed by atoms with van der Waals surface area (Å²) in [6, 6.07) is 8.97. The molecule has 1 aromatic carbocycles. The summed E-state index contributed by atoms with van der Waals surface area (Å²) in [5.74, 6) is -1.15. The van der Waals surface area contributed by atoms with E-state index in [1.165, 1.54) is 12.3 Å². The van der Waals surface area contributed by atoms with Crippen molar-refractivity contribution in [2.75, 3.05) is 7.05 Å². The monoisotopic (exact) mass is 285 g/mol. The van der Waals surface area contributed by atoms with Crippen LogP contribution in [0.4, 0.5) is 0 Å². The van der Waals surface area contributed by atoms with E-state index in [0.717, 1.165) is 17.2 Å². The number of hydrogen-bond donors (Lipinski definition) is 2. The highest BCUT2D eigenvalue weighted by molar-refractivity contribution is 5.92. The average molecular weight is 285 g/mol. The van der Waals surface area contributed by atoms with Crippen molar-refractivity contribution in [1.82, 2.24) is 15.1 Å². The lowest BCUT2D eigenvalue weighted by Crippen LogP contribution is -2.26. The number of nitrogens with zero attached hydrogens (tertiary/aromatic N) is 2. The number of amides is 1. The summed E-state index contributed by atoms with van der Waals surface area (Å²) in [5, 5.41) is 15.0. The summed E-state index contributed by atoms with van der Waals surface area (Å²) >= 11 is 0. The molecular formula is C15H15N3O3. The van der Waals surface area contributed by atoms with Crippen molar-refractivity contribution in [1.29, 1.82) is 0 Å². The summed E-state index contributed by atoms with van der Waals surface area (Å²) < 4.78 is 0. The van der Waals surface area contributed by atoms with Crippen LogP contribution in [-0.2, 0) is 11.3 Å². The van der Waals surface area contributed by atoms with Gasteiger partial charge >= 0.3 is 5.97 Å². The molecule has 21 heavy (non-hydrogen) atoms. The van der Waals surface area contributed by atoms with Crippen LogP contribution >= 0.6 is 0 Å². The number of benzene rings is 1. The lowest BCUT2D eigenvalue weighted by Gasteiger charge is -2.16. The quantitative estimate of drug-likeness (QED) is 0.820. The molecule has 6 heteroatoms. The molecule has 0 unspecified atom stereocenters. The van der Waals surface area contributed by atoms with Crippen LogP contribution in [-0.4, -0.2) is 39.1 Å². The van der Waals surface area contributed by atoms with Gasteiger partial charge < -0.3 is 10.0 Å². The maximum Gasteiger partial charge on any atom is 0.328 e. The van der Waals surface area contributed by atoms with Crippen LogP contribution in [0, 0.1) is 0 Å². The predicted molar refractivity (Wildman–Crippen MR) is 77.5 cm³/mol. The largest absolute Gasteiger partial charge is 0.478 e. The molecule has 2 N–H and O–H groups in total. The number of aromatic nitrogens is 2. The van der Waals surface area contributed by atoms with Crippen molar-refractivity contribution in [3.8, 4) is 0 Å². The van der Waals surface area contributed by atoms with Gasteiger partial charge in [-0.25, -0.2) is 4.79 Å². The lowest BCUT2D eigenvalue weighted by atomic mass is 10.1. The number of carbonyl (C=O) groups excluding carboxylic acids is 1. The van der Waals surface area contributed by atoms with E-state index in [1.807, 2.05) is 18.2 Å². The van der Waals surface area contributed by atoms with Crippen molar-refractivity contribution in [3.05, 3.63) is 59.4 Å². The van der Waals surface area contributed by atoms with E-state index in [-0.39, 0.29) is 5.91 Å². The van der Waals surface area contributed by atoms with Crippen LogP contribution < -0.4 is 0 Å². The van der Waals surface area contributed by atoms with Crippen molar-refractivity contribution in [3.63, 3.8) is 0 Å². The van der Waals surface area contributed by atoms with Gasteiger partial charge in [-0.3, -0.25) is 9.89 Å². The molecule has 0 fully saturated rings. The number of carboxylic acids is 1. The Balaban J connectivity index is 2.07. The number of H-pyrrole nitrogens is 1. The van der Waals surface area contributed by atoms with Crippen molar-refractivity contribution >= 4 is 18.0 Å². The average Bonchev–Trinajstić information content (AvgIpc) is 2.98. The molecule has 2 rings (SSSR count). The Hall–Kier alpha value is -2.89. The first-order chi connectivity index (χ1) is 10.1. The minimum atomic E-state index is -0.994. The molecule has 0 aliphatic rings. The van der Waals surface area contributed by atoms with Crippen LogP contribution in [0.15, 0.2) is 42.6 Å². The lowest BCUT2D eigenvalue weighted by molar-refractivity contribution is -0.131. The minimum absolute atomic E-state index is 0.154. The molecule has 108 valence electrons. The van der Waals surface area contributed by atoms with Gasteiger partial charge in [-0.15, -0.1) is 0 Å². The number of carbonyl (C=O) groups is 2. The van der Waals surface area contributed by atoms with Crippen LogP contribution in [0.25, 0.3) is 6.08 Å². The predicted octanol–water partition coefficient (Wildman–Crippen LogP) is 1.78. The highest BCUT2D eigenvalue weighted by Gasteiger charge is 2.12. The third-order valence-electron chi connectivity index (χ3n) is 2.87. The summed E-state index contributed by atoms with van der Waals surface area (Å²) in [6.07, 6.45) is 4.12. The first-order valence-corrected chi connectivity index (χ1v) is 6.31. The minimum Gasteiger partial charge on any atom is -0.478 e. The second kappa shape index (κ2) is 6.51. The van der Waals surface area contributed by atoms with Crippen LogP contribution in [0.3, 0.4) is 0 Å². The number of carboxylic acid groups (broad SMARTS) is 1. The molecule has 2 aromatic rings. The molecule has 0 aliphatic carbocycles.